The summed E-state index contributed by atoms with van der Waals surface area (Å²) in [6.45, 7) is 9.40. The minimum absolute atomic E-state index is 0.154. The Labute approximate surface area is 157 Å². The molecule has 0 radical (unpaired) electrons. The summed E-state index contributed by atoms with van der Waals surface area (Å²) in [5, 5.41) is 2.16. The molecule has 0 saturated heterocycles. The Bertz CT molecular complexity index is 721. The quantitative estimate of drug-likeness (QED) is 0.624. The summed E-state index contributed by atoms with van der Waals surface area (Å²) in [7, 11) is 0. The van der Waals surface area contributed by atoms with E-state index in [2.05, 4.69) is 34.7 Å². The lowest BCUT2D eigenvalue weighted by Crippen LogP contribution is -2.83. The van der Waals surface area contributed by atoms with E-state index in [4.69, 9.17) is 9.47 Å². The molecule has 2 rings (SSSR count). The summed E-state index contributed by atoms with van der Waals surface area (Å²) in [4.78, 5) is 0. The standard InChI is InChI=1S/C20H23BrFNO2/c1-4-9-25-20-18(21)10-15(11-19(20)24-5-2)13-23-14(3)16-7-6-8-17(22)12-16/h4,6-8,10-12,14,23H,1,5,9,13H2,2-3H3/p+1/t14-/m1/s1. The molecule has 0 aliphatic heterocycles. The van der Waals surface area contributed by atoms with Crippen molar-refractivity contribution in [3.05, 3.63) is 70.5 Å². The van der Waals surface area contributed by atoms with Crippen molar-refractivity contribution < 1.29 is 19.2 Å². The highest BCUT2D eigenvalue weighted by atomic mass is 79.9. The van der Waals surface area contributed by atoms with E-state index in [9.17, 15) is 4.39 Å². The van der Waals surface area contributed by atoms with Crippen molar-refractivity contribution in [1.29, 1.82) is 0 Å². The Kier molecular flexibility index (Phi) is 7.47. The van der Waals surface area contributed by atoms with E-state index in [0.717, 1.165) is 22.1 Å². The van der Waals surface area contributed by atoms with Gasteiger partial charge in [0, 0.05) is 11.1 Å². The molecule has 134 valence electrons. The molecule has 0 aliphatic carbocycles. The lowest BCUT2D eigenvalue weighted by molar-refractivity contribution is -0.708. The molecule has 3 nitrogen and oxygen atoms in total. The maximum atomic E-state index is 13.4. The minimum Gasteiger partial charge on any atom is -0.490 e. The molecule has 0 amide bonds. The zero-order valence-corrected chi connectivity index (χ0v) is 16.2. The average Bonchev–Trinajstić information content (AvgIpc) is 2.59. The molecule has 0 aromatic heterocycles. The predicted molar refractivity (Wildman–Crippen MR) is 101 cm³/mol. The fraction of sp³-hybridized carbons (Fsp3) is 0.300. The van der Waals surface area contributed by atoms with Gasteiger partial charge in [0.25, 0.3) is 0 Å². The van der Waals surface area contributed by atoms with Gasteiger partial charge in [-0.1, -0.05) is 24.8 Å². The van der Waals surface area contributed by atoms with E-state index < -0.39 is 0 Å². The first-order valence-electron chi connectivity index (χ1n) is 8.32. The van der Waals surface area contributed by atoms with Gasteiger partial charge in [0.2, 0.25) is 0 Å². The van der Waals surface area contributed by atoms with Crippen molar-refractivity contribution in [1.82, 2.24) is 0 Å². The van der Waals surface area contributed by atoms with Crippen molar-refractivity contribution in [3.63, 3.8) is 0 Å². The van der Waals surface area contributed by atoms with E-state index >= 15 is 0 Å². The number of benzene rings is 2. The molecule has 0 aliphatic rings. The first-order chi connectivity index (χ1) is 12.0. The zero-order valence-electron chi connectivity index (χ0n) is 14.6. The van der Waals surface area contributed by atoms with Crippen LogP contribution < -0.4 is 14.8 Å². The van der Waals surface area contributed by atoms with Crippen LogP contribution in [-0.2, 0) is 6.54 Å². The molecule has 5 heteroatoms. The number of quaternary nitrogens is 1. The number of rotatable bonds is 9. The van der Waals surface area contributed by atoms with Crippen LogP contribution in [0, 0.1) is 5.82 Å². The first kappa shape index (κ1) is 19.5. The van der Waals surface area contributed by atoms with Gasteiger partial charge >= 0.3 is 0 Å². The summed E-state index contributed by atoms with van der Waals surface area (Å²) >= 11 is 3.56. The number of ether oxygens (including phenoxy) is 2. The molecule has 2 aromatic carbocycles. The summed E-state index contributed by atoms with van der Waals surface area (Å²) in [5.41, 5.74) is 2.07. The van der Waals surface area contributed by atoms with E-state index in [1.807, 2.05) is 25.1 Å². The van der Waals surface area contributed by atoms with Crippen molar-refractivity contribution in [2.45, 2.75) is 26.4 Å². The molecule has 0 bridgehead atoms. The molecule has 2 aromatic rings. The second-order valence-corrected chi connectivity index (χ2v) is 6.58. The van der Waals surface area contributed by atoms with Crippen LogP contribution in [0.3, 0.4) is 0 Å². The lowest BCUT2D eigenvalue weighted by atomic mass is 10.1. The SMILES string of the molecule is C=CCOc1c(Br)cc(C[NH2+][C@H](C)c2cccc(F)c2)cc1OCC. The van der Waals surface area contributed by atoms with Gasteiger partial charge in [-0.15, -0.1) is 0 Å². The second kappa shape index (κ2) is 9.59. The van der Waals surface area contributed by atoms with Crippen LogP contribution in [-0.4, -0.2) is 13.2 Å². The molecular formula is C20H24BrFNO2+. The van der Waals surface area contributed by atoms with Crippen molar-refractivity contribution >= 4 is 15.9 Å². The maximum Gasteiger partial charge on any atom is 0.175 e. The highest BCUT2D eigenvalue weighted by Crippen LogP contribution is 2.36. The Hall–Kier alpha value is -1.85. The zero-order chi connectivity index (χ0) is 18.2. The molecule has 0 spiro atoms. The number of hydrogen-bond donors (Lipinski definition) is 1. The van der Waals surface area contributed by atoms with Gasteiger partial charge in [0.05, 0.1) is 11.1 Å². The fourth-order valence-corrected chi connectivity index (χ4v) is 3.13. The number of halogens is 2. The van der Waals surface area contributed by atoms with E-state index in [0.29, 0.717) is 24.7 Å². The molecule has 0 saturated carbocycles. The van der Waals surface area contributed by atoms with Crippen molar-refractivity contribution in [3.8, 4) is 11.5 Å². The Morgan fingerprint density at radius 2 is 2.08 bits per heavy atom. The topological polar surface area (TPSA) is 35.1 Å². The van der Waals surface area contributed by atoms with Crippen LogP contribution in [0.2, 0.25) is 0 Å². The van der Waals surface area contributed by atoms with Gasteiger partial charge in [0.1, 0.15) is 25.0 Å². The van der Waals surface area contributed by atoms with Crippen LogP contribution in [0.5, 0.6) is 11.5 Å². The number of nitrogens with two attached hydrogens (primary N) is 1. The second-order valence-electron chi connectivity index (χ2n) is 5.72. The maximum absolute atomic E-state index is 13.4. The predicted octanol–water partition coefficient (Wildman–Crippen LogP) is 4.38. The molecule has 25 heavy (non-hydrogen) atoms. The van der Waals surface area contributed by atoms with Crippen LogP contribution in [0.1, 0.15) is 31.0 Å². The van der Waals surface area contributed by atoms with Crippen LogP contribution in [0.15, 0.2) is 53.5 Å². The largest absolute Gasteiger partial charge is 0.490 e. The summed E-state index contributed by atoms with van der Waals surface area (Å²) in [6, 6.07) is 10.9. The van der Waals surface area contributed by atoms with Gasteiger partial charge in [-0.3, -0.25) is 0 Å². The Morgan fingerprint density at radius 1 is 1.28 bits per heavy atom. The van der Waals surface area contributed by atoms with Crippen molar-refractivity contribution in [2.75, 3.05) is 13.2 Å². The van der Waals surface area contributed by atoms with Crippen LogP contribution >= 0.6 is 15.9 Å². The summed E-state index contributed by atoms with van der Waals surface area (Å²) < 4.78 is 25.6. The highest BCUT2D eigenvalue weighted by Gasteiger charge is 2.14. The summed E-state index contributed by atoms with van der Waals surface area (Å²) in [5.74, 6) is 1.19. The van der Waals surface area contributed by atoms with Crippen molar-refractivity contribution in [2.24, 2.45) is 0 Å². The molecule has 0 unspecified atom stereocenters. The Morgan fingerprint density at radius 3 is 2.76 bits per heavy atom. The molecule has 2 N–H and O–H groups in total. The molecule has 1 atom stereocenters. The molecular weight excluding hydrogens is 385 g/mol. The smallest absolute Gasteiger partial charge is 0.175 e. The first-order valence-corrected chi connectivity index (χ1v) is 9.12. The van der Waals surface area contributed by atoms with Crippen LogP contribution in [0.4, 0.5) is 4.39 Å². The number of hydrogen-bond acceptors (Lipinski definition) is 2. The van der Waals surface area contributed by atoms with Gasteiger partial charge < -0.3 is 14.8 Å². The summed E-state index contributed by atoms with van der Waals surface area (Å²) in [6.07, 6.45) is 1.70. The fourth-order valence-electron chi connectivity index (χ4n) is 2.52. The highest BCUT2D eigenvalue weighted by molar-refractivity contribution is 9.10. The monoisotopic (exact) mass is 408 g/mol. The van der Waals surface area contributed by atoms with Crippen LogP contribution in [0.25, 0.3) is 0 Å². The Balaban J connectivity index is 2.12. The average molecular weight is 409 g/mol. The third-order valence-corrected chi connectivity index (χ3v) is 4.39. The van der Waals surface area contributed by atoms with Gasteiger partial charge in [0.15, 0.2) is 11.5 Å². The third-order valence-electron chi connectivity index (χ3n) is 3.80. The minimum atomic E-state index is -0.206. The van der Waals surface area contributed by atoms with E-state index in [-0.39, 0.29) is 11.9 Å². The molecule has 0 heterocycles. The lowest BCUT2D eigenvalue weighted by Gasteiger charge is -2.16. The van der Waals surface area contributed by atoms with E-state index in [1.165, 1.54) is 6.07 Å². The third kappa shape index (κ3) is 5.58. The normalized spacial score (nSPS) is 11.8. The van der Waals surface area contributed by atoms with E-state index in [1.54, 1.807) is 18.2 Å². The van der Waals surface area contributed by atoms with Gasteiger partial charge in [-0.25, -0.2) is 4.39 Å². The molecule has 0 fully saturated rings. The van der Waals surface area contributed by atoms with Gasteiger partial charge in [-0.2, -0.15) is 0 Å². The van der Waals surface area contributed by atoms with Gasteiger partial charge in [-0.05, 0) is 54.0 Å².